The van der Waals surface area contributed by atoms with Gasteiger partial charge in [-0.05, 0) is 20.3 Å². The number of ether oxygens (including phenoxy) is 2. The Hall–Kier alpha value is -0.900. The van der Waals surface area contributed by atoms with Crippen LogP contribution in [0.25, 0.3) is 0 Å². The summed E-state index contributed by atoms with van der Waals surface area (Å²) in [7, 11) is 1.55. The Morgan fingerprint density at radius 2 is 1.93 bits per heavy atom. The molecule has 0 aromatic rings. The van der Waals surface area contributed by atoms with Gasteiger partial charge >= 0.3 is 5.97 Å². The zero-order valence-electron chi connectivity index (χ0n) is 9.20. The van der Waals surface area contributed by atoms with Crippen LogP contribution < -0.4 is 0 Å². The molecular weight excluding hydrogens is 184 g/mol. The summed E-state index contributed by atoms with van der Waals surface area (Å²) in [6, 6.07) is 0. The van der Waals surface area contributed by atoms with Crippen LogP contribution in [0.2, 0.25) is 0 Å². The van der Waals surface area contributed by atoms with E-state index in [4.69, 9.17) is 9.47 Å². The van der Waals surface area contributed by atoms with Gasteiger partial charge in [-0.3, -0.25) is 9.59 Å². The zero-order chi connectivity index (χ0) is 11.1. The van der Waals surface area contributed by atoms with Crippen molar-refractivity contribution in [2.24, 2.45) is 5.92 Å². The van der Waals surface area contributed by atoms with E-state index in [9.17, 15) is 9.59 Å². The van der Waals surface area contributed by atoms with Crippen molar-refractivity contribution in [3.05, 3.63) is 0 Å². The Morgan fingerprint density at radius 3 is 2.29 bits per heavy atom. The minimum Gasteiger partial charge on any atom is -0.459 e. The van der Waals surface area contributed by atoms with E-state index in [-0.39, 0.29) is 11.9 Å². The van der Waals surface area contributed by atoms with Gasteiger partial charge in [0, 0.05) is 7.11 Å². The number of carbonyl (C=O) groups excluding carboxylic acids is 2. The lowest BCUT2D eigenvalue weighted by Crippen LogP contribution is -2.28. The molecule has 14 heavy (non-hydrogen) atoms. The third-order valence-corrected chi connectivity index (χ3v) is 2.05. The van der Waals surface area contributed by atoms with Gasteiger partial charge in [-0.2, -0.15) is 0 Å². The molecule has 2 atom stereocenters. The first-order chi connectivity index (χ1) is 6.52. The Labute approximate surface area is 84.6 Å². The lowest BCUT2D eigenvalue weighted by Gasteiger charge is -2.16. The quantitative estimate of drug-likeness (QED) is 0.479. The van der Waals surface area contributed by atoms with Gasteiger partial charge in [-0.15, -0.1) is 0 Å². The van der Waals surface area contributed by atoms with Crippen molar-refractivity contribution >= 4 is 11.8 Å². The number of ketones is 1. The van der Waals surface area contributed by atoms with Crippen LogP contribution in [0.15, 0.2) is 0 Å². The SMILES string of the molecule is CCC(COC)OC(=O)C(C)C(C)=O. The van der Waals surface area contributed by atoms with E-state index in [1.54, 1.807) is 14.0 Å². The van der Waals surface area contributed by atoms with Crippen molar-refractivity contribution in [3.8, 4) is 0 Å². The number of methoxy groups -OCH3 is 1. The summed E-state index contributed by atoms with van der Waals surface area (Å²) in [5, 5.41) is 0. The first kappa shape index (κ1) is 13.1. The molecule has 82 valence electrons. The number of Topliss-reactive ketones (excluding diaryl/α,β-unsaturated/α-hetero) is 1. The largest absolute Gasteiger partial charge is 0.459 e. The molecular formula is C10H18O4. The topological polar surface area (TPSA) is 52.6 Å². The van der Waals surface area contributed by atoms with Crippen LogP contribution in [0, 0.1) is 5.92 Å². The zero-order valence-corrected chi connectivity index (χ0v) is 9.20. The van der Waals surface area contributed by atoms with Crippen molar-refractivity contribution < 1.29 is 19.1 Å². The van der Waals surface area contributed by atoms with Gasteiger partial charge in [-0.25, -0.2) is 0 Å². The van der Waals surface area contributed by atoms with Gasteiger partial charge in [0.25, 0.3) is 0 Å². The van der Waals surface area contributed by atoms with Crippen LogP contribution in [0.4, 0.5) is 0 Å². The number of rotatable bonds is 6. The molecule has 0 rings (SSSR count). The van der Waals surface area contributed by atoms with Gasteiger partial charge in [0.1, 0.15) is 17.8 Å². The number of esters is 1. The van der Waals surface area contributed by atoms with E-state index in [0.717, 1.165) is 0 Å². The number of hydrogen-bond donors (Lipinski definition) is 0. The molecule has 2 unspecified atom stereocenters. The van der Waals surface area contributed by atoms with Crippen LogP contribution in [0.1, 0.15) is 27.2 Å². The van der Waals surface area contributed by atoms with Gasteiger partial charge in [0.15, 0.2) is 0 Å². The van der Waals surface area contributed by atoms with Crippen molar-refractivity contribution in [3.63, 3.8) is 0 Å². The molecule has 0 aliphatic carbocycles. The molecule has 0 saturated carbocycles. The van der Waals surface area contributed by atoms with Crippen LogP contribution in [-0.4, -0.2) is 31.6 Å². The van der Waals surface area contributed by atoms with Crippen molar-refractivity contribution in [1.82, 2.24) is 0 Å². The highest BCUT2D eigenvalue weighted by molar-refractivity contribution is 5.97. The summed E-state index contributed by atoms with van der Waals surface area (Å²) in [4.78, 5) is 22.2. The normalized spacial score (nSPS) is 14.6. The standard InChI is InChI=1S/C10H18O4/c1-5-9(6-13-4)14-10(12)7(2)8(3)11/h7,9H,5-6H2,1-4H3. The molecule has 0 radical (unpaired) electrons. The molecule has 0 aromatic carbocycles. The fraction of sp³-hybridized carbons (Fsp3) is 0.800. The second-order valence-electron chi connectivity index (χ2n) is 3.25. The van der Waals surface area contributed by atoms with E-state index in [1.807, 2.05) is 6.92 Å². The summed E-state index contributed by atoms with van der Waals surface area (Å²) in [6.45, 7) is 5.19. The van der Waals surface area contributed by atoms with E-state index < -0.39 is 11.9 Å². The van der Waals surface area contributed by atoms with Crippen LogP contribution >= 0.6 is 0 Å². The Morgan fingerprint density at radius 1 is 1.36 bits per heavy atom. The molecule has 0 amide bonds. The fourth-order valence-corrected chi connectivity index (χ4v) is 0.853. The summed E-state index contributed by atoms with van der Waals surface area (Å²) in [5.41, 5.74) is 0. The smallest absolute Gasteiger partial charge is 0.316 e. The van der Waals surface area contributed by atoms with Crippen LogP contribution in [-0.2, 0) is 19.1 Å². The Bertz CT molecular complexity index is 200. The summed E-state index contributed by atoms with van der Waals surface area (Å²) in [6.07, 6.45) is 0.429. The van der Waals surface area contributed by atoms with Crippen molar-refractivity contribution in [2.75, 3.05) is 13.7 Å². The molecule has 4 heteroatoms. The van der Waals surface area contributed by atoms with Crippen LogP contribution in [0.3, 0.4) is 0 Å². The van der Waals surface area contributed by atoms with Gasteiger partial charge in [0.2, 0.25) is 0 Å². The molecule has 0 spiro atoms. The first-order valence-electron chi connectivity index (χ1n) is 4.72. The number of carbonyl (C=O) groups is 2. The molecule has 0 N–H and O–H groups in total. The average molecular weight is 202 g/mol. The lowest BCUT2D eigenvalue weighted by atomic mass is 10.1. The lowest BCUT2D eigenvalue weighted by molar-refractivity contribution is -0.158. The minimum atomic E-state index is -0.680. The molecule has 0 heterocycles. The third-order valence-electron chi connectivity index (χ3n) is 2.05. The molecule has 0 saturated heterocycles. The molecule has 0 fully saturated rings. The molecule has 0 aliphatic heterocycles. The highest BCUT2D eigenvalue weighted by atomic mass is 16.6. The van der Waals surface area contributed by atoms with E-state index in [1.165, 1.54) is 6.92 Å². The number of hydrogen-bond acceptors (Lipinski definition) is 4. The predicted octanol–water partition coefficient (Wildman–Crippen LogP) is 1.18. The van der Waals surface area contributed by atoms with E-state index >= 15 is 0 Å². The molecule has 0 aliphatic rings. The van der Waals surface area contributed by atoms with Gasteiger partial charge in [-0.1, -0.05) is 6.92 Å². The van der Waals surface area contributed by atoms with Crippen molar-refractivity contribution in [1.29, 1.82) is 0 Å². The summed E-state index contributed by atoms with van der Waals surface area (Å²) >= 11 is 0. The highest BCUT2D eigenvalue weighted by Crippen LogP contribution is 2.06. The van der Waals surface area contributed by atoms with Crippen LogP contribution in [0.5, 0.6) is 0 Å². The maximum Gasteiger partial charge on any atom is 0.316 e. The summed E-state index contributed by atoms with van der Waals surface area (Å²) < 4.78 is 9.95. The van der Waals surface area contributed by atoms with E-state index in [0.29, 0.717) is 13.0 Å². The maximum atomic E-state index is 11.3. The molecule has 0 aromatic heterocycles. The first-order valence-corrected chi connectivity index (χ1v) is 4.72. The minimum absolute atomic E-state index is 0.178. The predicted molar refractivity (Wildman–Crippen MR) is 51.9 cm³/mol. The highest BCUT2D eigenvalue weighted by Gasteiger charge is 2.22. The van der Waals surface area contributed by atoms with Gasteiger partial charge < -0.3 is 9.47 Å². The molecule has 0 bridgehead atoms. The maximum absolute atomic E-state index is 11.3. The monoisotopic (exact) mass is 202 g/mol. The van der Waals surface area contributed by atoms with E-state index in [2.05, 4.69) is 0 Å². The van der Waals surface area contributed by atoms with Gasteiger partial charge in [0.05, 0.1) is 6.61 Å². The van der Waals surface area contributed by atoms with Crippen molar-refractivity contribution in [2.45, 2.75) is 33.3 Å². The Balaban J connectivity index is 4.08. The second kappa shape index (κ2) is 6.54. The fourth-order valence-electron chi connectivity index (χ4n) is 0.853. The average Bonchev–Trinajstić information content (AvgIpc) is 2.15. The molecule has 4 nitrogen and oxygen atoms in total. The Kier molecular flexibility index (Phi) is 6.12. The second-order valence-corrected chi connectivity index (χ2v) is 3.25. The summed E-state index contributed by atoms with van der Waals surface area (Å²) in [5.74, 6) is -1.33. The third kappa shape index (κ3) is 4.37.